The van der Waals surface area contributed by atoms with E-state index in [9.17, 15) is 4.79 Å². The Morgan fingerprint density at radius 1 is 1.00 bits per heavy atom. The number of methoxy groups -OCH3 is 1. The topological polar surface area (TPSA) is 65.4 Å². The van der Waals surface area contributed by atoms with Crippen LogP contribution in [0.5, 0.6) is 11.5 Å². The number of benzene rings is 3. The van der Waals surface area contributed by atoms with Crippen LogP contribution in [-0.4, -0.2) is 22.8 Å². The van der Waals surface area contributed by atoms with Gasteiger partial charge in [0.05, 0.1) is 25.5 Å². The number of rotatable bonds is 8. The third kappa shape index (κ3) is 5.47. The van der Waals surface area contributed by atoms with Crippen LogP contribution < -0.4 is 14.8 Å². The zero-order chi connectivity index (χ0) is 22.3. The second-order valence-electron chi connectivity index (χ2n) is 7.13. The smallest absolute Gasteiger partial charge is 0.255 e. The maximum Gasteiger partial charge on any atom is 0.255 e. The number of halogens is 1. The van der Waals surface area contributed by atoms with Crippen molar-refractivity contribution < 1.29 is 14.3 Å². The summed E-state index contributed by atoms with van der Waals surface area (Å²) < 4.78 is 12.6. The van der Waals surface area contributed by atoms with E-state index in [-0.39, 0.29) is 5.91 Å². The molecular weight excluding hydrogens is 426 g/mol. The van der Waals surface area contributed by atoms with Gasteiger partial charge in [0.25, 0.3) is 5.91 Å². The van der Waals surface area contributed by atoms with E-state index in [0.29, 0.717) is 29.4 Å². The van der Waals surface area contributed by atoms with Gasteiger partial charge in [-0.05, 0) is 53.6 Å². The van der Waals surface area contributed by atoms with Crippen molar-refractivity contribution in [3.63, 3.8) is 0 Å². The van der Waals surface area contributed by atoms with Gasteiger partial charge in [0.1, 0.15) is 18.1 Å². The molecule has 6 nitrogen and oxygen atoms in total. The Bertz CT molecular complexity index is 1190. The lowest BCUT2D eigenvalue weighted by molar-refractivity contribution is 0.102. The van der Waals surface area contributed by atoms with Crippen molar-refractivity contribution in [2.75, 3.05) is 12.4 Å². The van der Waals surface area contributed by atoms with Gasteiger partial charge >= 0.3 is 0 Å². The Hall–Kier alpha value is -3.77. The van der Waals surface area contributed by atoms with Crippen LogP contribution in [0.3, 0.4) is 0 Å². The first-order valence-corrected chi connectivity index (χ1v) is 10.4. The maximum atomic E-state index is 12.6. The van der Waals surface area contributed by atoms with Gasteiger partial charge in [0, 0.05) is 16.8 Å². The minimum absolute atomic E-state index is 0.204. The number of ether oxygens (including phenoxy) is 2. The van der Waals surface area contributed by atoms with Crippen molar-refractivity contribution in [1.29, 1.82) is 0 Å². The summed E-state index contributed by atoms with van der Waals surface area (Å²) in [6.07, 6.45) is 3.39. The second kappa shape index (κ2) is 10.0. The van der Waals surface area contributed by atoms with Crippen molar-refractivity contribution in [2.45, 2.75) is 13.2 Å². The van der Waals surface area contributed by atoms with Crippen LogP contribution in [0, 0.1) is 0 Å². The summed E-state index contributed by atoms with van der Waals surface area (Å²) in [6, 6.07) is 22.3. The van der Waals surface area contributed by atoms with E-state index in [1.165, 1.54) is 0 Å². The number of hydrogen-bond donors (Lipinski definition) is 1. The summed E-state index contributed by atoms with van der Waals surface area (Å²) in [5.41, 5.74) is 3.10. The summed E-state index contributed by atoms with van der Waals surface area (Å²) in [4.78, 5) is 12.6. The molecule has 0 fully saturated rings. The molecule has 7 heteroatoms. The lowest BCUT2D eigenvalue weighted by atomic mass is 10.1. The number of anilines is 1. The first-order valence-electron chi connectivity index (χ1n) is 10.0. The van der Waals surface area contributed by atoms with Crippen LogP contribution in [0.2, 0.25) is 5.02 Å². The van der Waals surface area contributed by atoms with Gasteiger partial charge in [-0.15, -0.1) is 0 Å². The quantitative estimate of drug-likeness (QED) is 0.391. The Balaban J connectivity index is 1.32. The normalized spacial score (nSPS) is 10.6. The molecule has 1 heterocycles. The van der Waals surface area contributed by atoms with Gasteiger partial charge in [0.2, 0.25) is 0 Å². The lowest BCUT2D eigenvalue weighted by Crippen LogP contribution is -2.11. The highest BCUT2D eigenvalue weighted by molar-refractivity contribution is 6.31. The Morgan fingerprint density at radius 2 is 1.72 bits per heavy atom. The molecule has 0 bridgehead atoms. The largest absolute Gasteiger partial charge is 0.497 e. The zero-order valence-corrected chi connectivity index (χ0v) is 18.3. The number of nitrogens with zero attached hydrogens (tertiary/aromatic N) is 2. The van der Waals surface area contributed by atoms with E-state index in [2.05, 4.69) is 10.4 Å². The molecule has 0 saturated heterocycles. The Morgan fingerprint density at radius 3 is 2.44 bits per heavy atom. The first kappa shape index (κ1) is 21.5. The van der Waals surface area contributed by atoms with E-state index in [1.54, 1.807) is 36.3 Å². The lowest BCUT2D eigenvalue weighted by Gasteiger charge is -2.08. The molecule has 32 heavy (non-hydrogen) atoms. The number of carbonyl (C=O) groups excluding carboxylic acids is 1. The molecule has 4 rings (SSSR count). The molecule has 0 aliphatic heterocycles. The van der Waals surface area contributed by atoms with Crippen molar-refractivity contribution >= 4 is 23.2 Å². The van der Waals surface area contributed by atoms with Gasteiger partial charge < -0.3 is 14.8 Å². The fourth-order valence-electron chi connectivity index (χ4n) is 3.11. The molecular formula is C25H22ClN3O3. The first-order chi connectivity index (χ1) is 15.6. The summed E-state index contributed by atoms with van der Waals surface area (Å²) in [7, 11) is 1.63. The van der Waals surface area contributed by atoms with Gasteiger partial charge in [-0.25, -0.2) is 0 Å². The Labute approximate surface area is 191 Å². The van der Waals surface area contributed by atoms with Crippen molar-refractivity contribution in [3.05, 3.63) is 107 Å². The molecule has 0 aliphatic carbocycles. The third-order valence-corrected chi connectivity index (χ3v) is 5.23. The minimum Gasteiger partial charge on any atom is -0.497 e. The highest BCUT2D eigenvalue weighted by atomic mass is 35.5. The molecule has 0 spiro atoms. The molecule has 0 atom stereocenters. The SMILES string of the molecule is COc1ccc(OCc2ccc(C(=O)Nc3cnn(Cc4ccccc4Cl)c3)cc2)cc1. The van der Waals surface area contributed by atoms with E-state index >= 15 is 0 Å². The third-order valence-electron chi connectivity index (χ3n) is 4.86. The average molecular weight is 448 g/mol. The number of hydrogen-bond acceptors (Lipinski definition) is 4. The number of amides is 1. The molecule has 1 amide bonds. The summed E-state index contributed by atoms with van der Waals surface area (Å²) in [5.74, 6) is 1.33. The molecule has 0 unspecified atom stereocenters. The molecule has 3 aromatic carbocycles. The van der Waals surface area contributed by atoms with E-state index < -0.39 is 0 Å². The number of nitrogens with one attached hydrogen (secondary N) is 1. The van der Waals surface area contributed by atoms with Crippen LogP contribution in [-0.2, 0) is 13.2 Å². The van der Waals surface area contributed by atoms with Gasteiger partial charge in [-0.3, -0.25) is 9.48 Å². The predicted molar refractivity (Wildman–Crippen MR) is 125 cm³/mol. The van der Waals surface area contributed by atoms with Crippen molar-refractivity contribution in [2.24, 2.45) is 0 Å². The minimum atomic E-state index is -0.204. The predicted octanol–water partition coefficient (Wildman–Crippen LogP) is 5.42. The zero-order valence-electron chi connectivity index (χ0n) is 17.5. The molecule has 0 aliphatic rings. The van der Waals surface area contributed by atoms with Crippen molar-refractivity contribution in [1.82, 2.24) is 9.78 Å². The van der Waals surface area contributed by atoms with Crippen LogP contribution >= 0.6 is 11.6 Å². The van der Waals surface area contributed by atoms with Crippen LogP contribution in [0.15, 0.2) is 85.2 Å². The highest BCUT2D eigenvalue weighted by Crippen LogP contribution is 2.19. The highest BCUT2D eigenvalue weighted by Gasteiger charge is 2.09. The van der Waals surface area contributed by atoms with E-state index in [0.717, 1.165) is 22.6 Å². The van der Waals surface area contributed by atoms with Crippen LogP contribution in [0.1, 0.15) is 21.5 Å². The van der Waals surface area contributed by atoms with Crippen LogP contribution in [0.4, 0.5) is 5.69 Å². The molecule has 1 N–H and O–H groups in total. The molecule has 4 aromatic rings. The number of aromatic nitrogens is 2. The fourth-order valence-corrected chi connectivity index (χ4v) is 3.31. The summed E-state index contributed by atoms with van der Waals surface area (Å²) >= 11 is 6.20. The fraction of sp³-hybridized carbons (Fsp3) is 0.120. The second-order valence-corrected chi connectivity index (χ2v) is 7.54. The average Bonchev–Trinajstić information content (AvgIpc) is 3.26. The monoisotopic (exact) mass is 447 g/mol. The summed E-state index contributed by atoms with van der Waals surface area (Å²) in [5, 5.41) is 7.85. The molecule has 1 aromatic heterocycles. The van der Waals surface area contributed by atoms with E-state index in [4.69, 9.17) is 21.1 Å². The van der Waals surface area contributed by atoms with Crippen molar-refractivity contribution in [3.8, 4) is 11.5 Å². The summed E-state index contributed by atoms with van der Waals surface area (Å²) in [6.45, 7) is 0.932. The maximum absolute atomic E-state index is 12.6. The molecule has 162 valence electrons. The van der Waals surface area contributed by atoms with Gasteiger partial charge in [-0.1, -0.05) is 41.9 Å². The van der Waals surface area contributed by atoms with E-state index in [1.807, 2.05) is 60.7 Å². The van der Waals surface area contributed by atoms with Crippen LogP contribution in [0.25, 0.3) is 0 Å². The number of carbonyl (C=O) groups is 1. The standard InChI is InChI=1S/C25H22ClN3O3/c1-31-22-10-12-23(13-11-22)32-17-18-6-8-19(9-7-18)25(30)28-21-14-27-29(16-21)15-20-4-2-3-5-24(20)26/h2-14,16H,15,17H2,1H3,(H,28,30). The molecule has 0 radical (unpaired) electrons. The molecule has 0 saturated carbocycles. The van der Waals surface area contributed by atoms with Gasteiger partial charge in [0.15, 0.2) is 0 Å². The van der Waals surface area contributed by atoms with Gasteiger partial charge in [-0.2, -0.15) is 5.10 Å². The Kier molecular flexibility index (Phi) is 6.72.